The Labute approximate surface area is 201 Å². The Morgan fingerprint density at radius 1 is 1.14 bits per heavy atom. The lowest BCUT2D eigenvalue weighted by Crippen LogP contribution is -2.38. The molecule has 2 aromatic carbocycles. The van der Waals surface area contributed by atoms with Gasteiger partial charge in [0.05, 0.1) is 29.8 Å². The number of hydrogen-bond acceptors (Lipinski definition) is 7. The van der Waals surface area contributed by atoms with Crippen LogP contribution in [-0.4, -0.2) is 70.9 Å². The van der Waals surface area contributed by atoms with Crippen LogP contribution in [0.25, 0.3) is 5.76 Å². The van der Waals surface area contributed by atoms with Gasteiger partial charge in [0.25, 0.3) is 17.4 Å². The quantitative estimate of drug-likeness (QED) is 0.212. The van der Waals surface area contributed by atoms with Crippen LogP contribution in [0.5, 0.6) is 0 Å². The number of Topliss-reactive ketones (excluding diaryl/α,β-unsaturated/α-hetero) is 1. The van der Waals surface area contributed by atoms with E-state index in [2.05, 4.69) is 4.90 Å². The highest BCUT2D eigenvalue weighted by Crippen LogP contribution is 2.40. The fourth-order valence-corrected chi connectivity index (χ4v) is 4.42. The van der Waals surface area contributed by atoms with Crippen LogP contribution in [0.15, 0.2) is 48.0 Å². The van der Waals surface area contributed by atoms with Crippen molar-refractivity contribution in [2.24, 2.45) is 0 Å². The molecule has 1 atom stereocenters. The van der Waals surface area contributed by atoms with Crippen molar-refractivity contribution in [2.45, 2.75) is 19.4 Å². The summed E-state index contributed by atoms with van der Waals surface area (Å²) in [6, 6.07) is 8.62. The number of nitro groups is 1. The second-order valence-electron chi connectivity index (χ2n) is 8.61. The molecule has 2 saturated heterocycles. The van der Waals surface area contributed by atoms with E-state index in [9.17, 15) is 29.2 Å². The van der Waals surface area contributed by atoms with Gasteiger partial charge >= 0.3 is 0 Å². The van der Waals surface area contributed by atoms with Gasteiger partial charge in [0.1, 0.15) is 11.6 Å². The lowest BCUT2D eigenvalue weighted by atomic mass is 9.94. The molecule has 0 spiro atoms. The van der Waals surface area contributed by atoms with Gasteiger partial charge in [-0.2, -0.15) is 0 Å². The number of nitro benzene ring substituents is 1. The fraction of sp³-hybridized carbons (Fsp3) is 0.360. The minimum atomic E-state index is -0.954. The summed E-state index contributed by atoms with van der Waals surface area (Å²) in [7, 11) is 0. The summed E-state index contributed by atoms with van der Waals surface area (Å²) >= 11 is 0. The molecule has 2 aromatic rings. The van der Waals surface area contributed by atoms with Crippen molar-refractivity contribution in [3.8, 4) is 0 Å². The average molecular weight is 483 g/mol. The summed E-state index contributed by atoms with van der Waals surface area (Å²) < 4.78 is 19.5. The minimum Gasteiger partial charge on any atom is -0.507 e. The van der Waals surface area contributed by atoms with Crippen molar-refractivity contribution < 1.29 is 28.7 Å². The molecule has 9 nitrogen and oxygen atoms in total. The number of ketones is 1. The summed E-state index contributed by atoms with van der Waals surface area (Å²) in [5.41, 5.74) is 0.579. The van der Waals surface area contributed by atoms with E-state index in [0.717, 1.165) is 19.2 Å². The molecule has 2 aliphatic heterocycles. The monoisotopic (exact) mass is 483 g/mol. The normalized spacial score (nSPS) is 20.4. The van der Waals surface area contributed by atoms with Crippen molar-refractivity contribution in [3.63, 3.8) is 0 Å². The van der Waals surface area contributed by atoms with Crippen molar-refractivity contribution in [1.29, 1.82) is 0 Å². The van der Waals surface area contributed by atoms with Crippen LogP contribution in [0.2, 0.25) is 0 Å². The molecular weight excluding hydrogens is 457 g/mol. The number of non-ortho nitro benzene ring substituents is 1. The first-order valence-corrected chi connectivity index (χ1v) is 11.4. The van der Waals surface area contributed by atoms with E-state index < -0.39 is 34.2 Å². The van der Waals surface area contributed by atoms with Gasteiger partial charge in [-0.15, -0.1) is 0 Å². The van der Waals surface area contributed by atoms with Crippen molar-refractivity contribution >= 4 is 23.1 Å². The second kappa shape index (κ2) is 10.3. The molecule has 0 radical (unpaired) electrons. The van der Waals surface area contributed by atoms with Crippen LogP contribution in [0, 0.1) is 22.9 Å². The zero-order chi connectivity index (χ0) is 25.1. The van der Waals surface area contributed by atoms with Crippen LogP contribution in [0.4, 0.5) is 10.1 Å². The molecule has 2 heterocycles. The van der Waals surface area contributed by atoms with Gasteiger partial charge < -0.3 is 14.7 Å². The highest BCUT2D eigenvalue weighted by molar-refractivity contribution is 6.46. The number of aliphatic hydroxyl groups is 1. The Hall–Kier alpha value is -3.63. The number of likely N-dealkylation sites (tertiary alicyclic amines) is 1. The standard InChI is InChI=1S/C25H26FN3O6/c1-16-3-4-18(15-20(16)26)23(30)21-22(17-5-7-19(8-6-17)29(33)34)28(25(32)24(21)31)10-2-9-27-11-13-35-14-12-27/h3-8,15,22,30H,2,9-14H2,1H3/b23-21+. The number of benzene rings is 2. The van der Waals surface area contributed by atoms with E-state index in [1.54, 1.807) is 6.92 Å². The number of carbonyl (C=O) groups is 2. The van der Waals surface area contributed by atoms with Crippen LogP contribution in [0.1, 0.15) is 29.2 Å². The summed E-state index contributed by atoms with van der Waals surface area (Å²) in [4.78, 5) is 40.2. The lowest BCUT2D eigenvalue weighted by Gasteiger charge is -2.29. The maximum absolute atomic E-state index is 14.2. The van der Waals surface area contributed by atoms with Gasteiger partial charge in [-0.05, 0) is 42.7 Å². The predicted octanol–water partition coefficient (Wildman–Crippen LogP) is 3.19. The largest absolute Gasteiger partial charge is 0.507 e. The molecule has 0 aromatic heterocycles. The van der Waals surface area contributed by atoms with Crippen molar-refractivity contribution in [3.05, 3.63) is 80.7 Å². The number of nitrogens with zero attached hydrogens (tertiary/aromatic N) is 3. The van der Waals surface area contributed by atoms with Gasteiger partial charge in [-0.3, -0.25) is 24.6 Å². The van der Waals surface area contributed by atoms with Crippen LogP contribution in [-0.2, 0) is 14.3 Å². The SMILES string of the molecule is Cc1ccc(/C(O)=C2\C(=O)C(=O)N(CCCN3CCOCC3)C2c2ccc([N+](=O)[O-])cc2)cc1F. The second-order valence-corrected chi connectivity index (χ2v) is 8.61. The van der Waals surface area contributed by atoms with Crippen LogP contribution in [0.3, 0.4) is 0 Å². The van der Waals surface area contributed by atoms with Gasteiger partial charge in [0, 0.05) is 43.9 Å². The molecule has 2 aliphatic rings. The number of aliphatic hydroxyl groups excluding tert-OH is 1. The Balaban J connectivity index is 1.70. The number of rotatable bonds is 7. The molecule has 184 valence electrons. The Kier molecular flexibility index (Phi) is 7.23. The summed E-state index contributed by atoms with van der Waals surface area (Å²) in [6.07, 6.45) is 0.579. The van der Waals surface area contributed by atoms with E-state index in [1.165, 1.54) is 41.3 Å². The van der Waals surface area contributed by atoms with Crippen molar-refractivity contribution in [1.82, 2.24) is 9.80 Å². The summed E-state index contributed by atoms with van der Waals surface area (Å²) in [6.45, 7) is 5.35. The van der Waals surface area contributed by atoms with E-state index >= 15 is 0 Å². The first-order chi connectivity index (χ1) is 16.8. The smallest absolute Gasteiger partial charge is 0.295 e. The molecule has 4 rings (SSSR count). The minimum absolute atomic E-state index is 0.0753. The number of carbonyl (C=O) groups excluding carboxylic acids is 2. The number of morpholine rings is 1. The van der Waals surface area contributed by atoms with Gasteiger partial charge in [0.2, 0.25) is 0 Å². The number of halogens is 1. The van der Waals surface area contributed by atoms with Gasteiger partial charge in [0.15, 0.2) is 0 Å². The maximum Gasteiger partial charge on any atom is 0.295 e. The van der Waals surface area contributed by atoms with Gasteiger partial charge in [-0.1, -0.05) is 12.1 Å². The van der Waals surface area contributed by atoms with Crippen LogP contribution >= 0.6 is 0 Å². The number of aryl methyl sites for hydroxylation is 1. The molecule has 1 unspecified atom stereocenters. The van der Waals surface area contributed by atoms with Gasteiger partial charge in [-0.25, -0.2) is 4.39 Å². The third-order valence-corrected chi connectivity index (χ3v) is 6.38. The Bertz CT molecular complexity index is 1170. The first kappa shape index (κ1) is 24.5. The van der Waals surface area contributed by atoms with E-state index in [-0.39, 0.29) is 23.4 Å². The molecule has 35 heavy (non-hydrogen) atoms. The van der Waals surface area contributed by atoms with E-state index in [1.807, 2.05) is 0 Å². The molecular formula is C25H26FN3O6. The fourth-order valence-electron chi connectivity index (χ4n) is 4.42. The highest BCUT2D eigenvalue weighted by atomic mass is 19.1. The zero-order valence-electron chi connectivity index (χ0n) is 19.3. The maximum atomic E-state index is 14.2. The Morgan fingerprint density at radius 3 is 2.46 bits per heavy atom. The molecule has 0 aliphatic carbocycles. The number of amides is 1. The highest BCUT2D eigenvalue weighted by Gasteiger charge is 2.46. The molecule has 1 amide bonds. The predicted molar refractivity (Wildman–Crippen MR) is 125 cm³/mol. The average Bonchev–Trinajstić information content (AvgIpc) is 3.11. The topological polar surface area (TPSA) is 113 Å². The molecule has 2 fully saturated rings. The molecule has 10 heteroatoms. The molecule has 1 N–H and O–H groups in total. The third-order valence-electron chi connectivity index (χ3n) is 6.38. The lowest BCUT2D eigenvalue weighted by molar-refractivity contribution is -0.384. The summed E-state index contributed by atoms with van der Waals surface area (Å²) in [5, 5.41) is 22.1. The van der Waals surface area contributed by atoms with Crippen LogP contribution < -0.4 is 0 Å². The zero-order valence-corrected chi connectivity index (χ0v) is 19.3. The molecule has 0 bridgehead atoms. The summed E-state index contributed by atoms with van der Waals surface area (Å²) in [5.74, 6) is -2.69. The Morgan fingerprint density at radius 2 is 1.83 bits per heavy atom. The van der Waals surface area contributed by atoms with Crippen molar-refractivity contribution in [2.75, 3.05) is 39.4 Å². The number of ether oxygens (including phenoxy) is 1. The number of hydrogen-bond donors (Lipinski definition) is 1. The third kappa shape index (κ3) is 5.08. The first-order valence-electron chi connectivity index (χ1n) is 11.4. The molecule has 0 saturated carbocycles. The van der Waals surface area contributed by atoms with E-state index in [4.69, 9.17) is 4.74 Å². The van der Waals surface area contributed by atoms with E-state index in [0.29, 0.717) is 37.3 Å².